The Morgan fingerprint density at radius 2 is 2.08 bits per heavy atom. The Balaban J connectivity index is 1.83. The third-order valence-electron chi connectivity index (χ3n) is 2.95. The summed E-state index contributed by atoms with van der Waals surface area (Å²) in [6, 6.07) is 6.90. The van der Waals surface area contributed by atoms with E-state index < -0.39 is 0 Å². The van der Waals surface area contributed by atoms with Crippen LogP contribution in [0.4, 0.5) is 10.8 Å². The van der Waals surface area contributed by atoms with Crippen LogP contribution in [0.5, 0.6) is 0 Å². The van der Waals surface area contributed by atoms with E-state index in [2.05, 4.69) is 34.7 Å². The van der Waals surface area contributed by atoms with Gasteiger partial charge in [0.1, 0.15) is 0 Å². The van der Waals surface area contributed by atoms with Gasteiger partial charge in [-0.3, -0.25) is 9.59 Å². The Bertz CT molecular complexity index is 716. The molecule has 0 fully saturated rings. The van der Waals surface area contributed by atoms with Crippen LogP contribution in [-0.2, 0) is 4.79 Å². The van der Waals surface area contributed by atoms with Crippen molar-refractivity contribution in [2.45, 2.75) is 25.1 Å². The number of thioether (sulfide) groups is 1. The molecule has 0 unspecified atom stereocenters. The molecule has 0 aliphatic carbocycles. The molecule has 0 saturated heterocycles. The van der Waals surface area contributed by atoms with Crippen LogP contribution in [0.2, 0.25) is 0 Å². The monoisotopic (exact) mass is 364 g/mol. The summed E-state index contributed by atoms with van der Waals surface area (Å²) >= 11 is 2.77. The van der Waals surface area contributed by atoms with Crippen LogP contribution in [0.3, 0.4) is 0 Å². The highest BCUT2D eigenvalue weighted by atomic mass is 32.2. The molecule has 1 amide bonds. The Labute approximate surface area is 149 Å². The number of hydrogen-bond acceptors (Lipinski definition) is 7. The minimum absolute atomic E-state index is 0.0317. The molecular formula is C16H20N4O2S2. The number of nitrogens with zero attached hydrogens (tertiary/aromatic N) is 2. The first kappa shape index (κ1) is 18.4. The predicted molar refractivity (Wildman–Crippen MR) is 99.0 cm³/mol. The van der Waals surface area contributed by atoms with Gasteiger partial charge in [-0.2, -0.15) is 0 Å². The third-order valence-corrected chi connectivity index (χ3v) is 4.96. The fourth-order valence-corrected chi connectivity index (χ4v) is 3.33. The minimum atomic E-state index is -0.146. The zero-order valence-electron chi connectivity index (χ0n) is 13.8. The summed E-state index contributed by atoms with van der Waals surface area (Å²) in [5, 5.41) is 14.9. The van der Waals surface area contributed by atoms with Crippen LogP contribution in [0.25, 0.3) is 0 Å². The molecule has 0 aliphatic heterocycles. The molecule has 6 nitrogen and oxygen atoms in total. The summed E-state index contributed by atoms with van der Waals surface area (Å²) in [5.41, 5.74) is 1.19. The number of aromatic nitrogens is 2. The molecule has 0 radical (unpaired) electrons. The molecule has 8 heteroatoms. The van der Waals surface area contributed by atoms with E-state index in [0.29, 0.717) is 17.2 Å². The molecule has 2 rings (SSSR count). The number of benzene rings is 1. The van der Waals surface area contributed by atoms with Gasteiger partial charge in [0.2, 0.25) is 11.0 Å². The lowest BCUT2D eigenvalue weighted by Gasteiger charge is -2.05. The molecule has 1 aromatic heterocycles. The van der Waals surface area contributed by atoms with Crippen molar-refractivity contribution in [1.82, 2.24) is 10.2 Å². The van der Waals surface area contributed by atoms with Crippen molar-refractivity contribution in [1.29, 1.82) is 0 Å². The third kappa shape index (κ3) is 5.93. The highest BCUT2D eigenvalue weighted by molar-refractivity contribution is 8.01. The number of carbonyl (C=O) groups excluding carboxylic acids is 2. The smallest absolute Gasteiger partial charge is 0.234 e. The van der Waals surface area contributed by atoms with E-state index in [4.69, 9.17) is 0 Å². The van der Waals surface area contributed by atoms with Crippen LogP contribution >= 0.6 is 23.1 Å². The lowest BCUT2D eigenvalue weighted by molar-refractivity contribution is -0.113. The maximum atomic E-state index is 12.0. The summed E-state index contributed by atoms with van der Waals surface area (Å²) in [7, 11) is 0. The zero-order chi connectivity index (χ0) is 17.5. The van der Waals surface area contributed by atoms with Crippen molar-refractivity contribution in [2.24, 2.45) is 5.92 Å². The van der Waals surface area contributed by atoms with E-state index in [9.17, 15) is 9.59 Å². The molecule has 0 bridgehead atoms. The fraction of sp³-hybridized carbons (Fsp3) is 0.375. The van der Waals surface area contributed by atoms with Gasteiger partial charge in [0, 0.05) is 17.8 Å². The number of nitrogens with one attached hydrogen (secondary N) is 2. The number of hydrogen-bond donors (Lipinski definition) is 2. The van der Waals surface area contributed by atoms with Crippen molar-refractivity contribution in [2.75, 3.05) is 22.9 Å². The number of ketones is 1. The first-order valence-electron chi connectivity index (χ1n) is 7.55. The quantitative estimate of drug-likeness (QED) is 0.550. The molecular weight excluding hydrogens is 344 g/mol. The summed E-state index contributed by atoms with van der Waals surface area (Å²) < 4.78 is 0.744. The van der Waals surface area contributed by atoms with Crippen LogP contribution in [0.15, 0.2) is 28.6 Å². The largest absolute Gasteiger partial charge is 0.360 e. The van der Waals surface area contributed by atoms with E-state index in [1.165, 1.54) is 30.0 Å². The lowest BCUT2D eigenvalue weighted by atomic mass is 10.1. The molecule has 2 N–H and O–H groups in total. The summed E-state index contributed by atoms with van der Waals surface area (Å²) in [4.78, 5) is 23.4. The average Bonchev–Trinajstić information content (AvgIpc) is 2.99. The second-order valence-electron chi connectivity index (χ2n) is 5.62. The molecule has 2 aromatic rings. The maximum Gasteiger partial charge on any atom is 0.234 e. The number of amides is 1. The number of anilines is 2. The van der Waals surface area contributed by atoms with Crippen molar-refractivity contribution >= 4 is 45.6 Å². The van der Waals surface area contributed by atoms with Gasteiger partial charge in [-0.15, -0.1) is 10.2 Å². The van der Waals surface area contributed by atoms with Gasteiger partial charge in [0.15, 0.2) is 10.1 Å². The minimum Gasteiger partial charge on any atom is -0.360 e. The van der Waals surface area contributed by atoms with Crippen LogP contribution in [0, 0.1) is 5.92 Å². The van der Waals surface area contributed by atoms with Crippen LogP contribution in [-0.4, -0.2) is 34.2 Å². The van der Waals surface area contributed by atoms with E-state index in [1.807, 2.05) is 0 Å². The van der Waals surface area contributed by atoms with Crippen molar-refractivity contribution < 1.29 is 9.59 Å². The molecule has 0 atom stereocenters. The number of carbonyl (C=O) groups is 2. The molecule has 24 heavy (non-hydrogen) atoms. The van der Waals surface area contributed by atoms with Gasteiger partial charge < -0.3 is 10.6 Å². The summed E-state index contributed by atoms with van der Waals surface area (Å²) in [6.45, 7) is 6.58. The molecule has 0 saturated carbocycles. The van der Waals surface area contributed by atoms with Crippen molar-refractivity contribution in [3.63, 3.8) is 0 Å². The van der Waals surface area contributed by atoms with Gasteiger partial charge in [-0.25, -0.2) is 0 Å². The zero-order valence-corrected chi connectivity index (χ0v) is 15.5. The van der Waals surface area contributed by atoms with E-state index in [-0.39, 0.29) is 17.4 Å². The topological polar surface area (TPSA) is 84.0 Å². The van der Waals surface area contributed by atoms with E-state index >= 15 is 0 Å². The molecule has 1 heterocycles. The first-order valence-corrected chi connectivity index (χ1v) is 9.35. The molecule has 128 valence electrons. The van der Waals surface area contributed by atoms with Gasteiger partial charge in [-0.05, 0) is 25.0 Å². The van der Waals surface area contributed by atoms with E-state index in [1.54, 1.807) is 24.3 Å². The predicted octanol–water partition coefficient (Wildman–Crippen LogP) is 3.54. The Morgan fingerprint density at radius 3 is 2.79 bits per heavy atom. The Morgan fingerprint density at radius 1 is 1.29 bits per heavy atom. The highest BCUT2D eigenvalue weighted by Gasteiger charge is 2.09. The van der Waals surface area contributed by atoms with Gasteiger partial charge >= 0.3 is 0 Å². The summed E-state index contributed by atoms with van der Waals surface area (Å²) in [6.07, 6.45) is 0. The van der Waals surface area contributed by atoms with Crippen LogP contribution in [0.1, 0.15) is 31.1 Å². The molecule has 0 aliphatic rings. The van der Waals surface area contributed by atoms with Gasteiger partial charge in [-0.1, -0.05) is 49.1 Å². The van der Waals surface area contributed by atoms with E-state index in [0.717, 1.165) is 16.0 Å². The molecule has 1 aromatic carbocycles. The maximum absolute atomic E-state index is 12.0. The Hall–Kier alpha value is -1.93. The fourth-order valence-electron chi connectivity index (χ4n) is 1.77. The standard InChI is InChI=1S/C16H20N4O2S2/c1-10(2)8-17-15-19-20-16(24-15)23-9-14(22)18-13-6-4-5-12(7-13)11(3)21/h4-7,10H,8-9H2,1-3H3,(H,17,19)(H,18,22). The Kier molecular flexibility index (Phi) is 6.74. The second kappa shape index (κ2) is 8.79. The average molecular weight is 364 g/mol. The molecule has 0 spiro atoms. The SMILES string of the molecule is CC(=O)c1cccc(NC(=O)CSc2nnc(NCC(C)C)s2)c1. The summed E-state index contributed by atoms with van der Waals surface area (Å²) in [5.74, 6) is 0.591. The first-order chi connectivity index (χ1) is 11.4. The van der Waals surface area contributed by atoms with Crippen molar-refractivity contribution in [3.05, 3.63) is 29.8 Å². The highest BCUT2D eigenvalue weighted by Crippen LogP contribution is 2.25. The van der Waals surface area contributed by atoms with Gasteiger partial charge in [0.25, 0.3) is 0 Å². The number of rotatable bonds is 8. The lowest BCUT2D eigenvalue weighted by Crippen LogP contribution is -2.14. The normalized spacial score (nSPS) is 10.7. The van der Waals surface area contributed by atoms with Crippen LogP contribution < -0.4 is 10.6 Å². The van der Waals surface area contributed by atoms with Gasteiger partial charge in [0.05, 0.1) is 5.75 Å². The number of Topliss-reactive ketones (excluding diaryl/α,β-unsaturated/α-hetero) is 1. The van der Waals surface area contributed by atoms with Crippen molar-refractivity contribution in [3.8, 4) is 0 Å². The second-order valence-corrected chi connectivity index (χ2v) is 7.82.